The van der Waals surface area contributed by atoms with Crippen LogP contribution in [-0.4, -0.2) is 34.6 Å². The summed E-state index contributed by atoms with van der Waals surface area (Å²) in [5.41, 5.74) is -0.0118. The zero-order valence-electron chi connectivity index (χ0n) is 10.9. The number of hydrazine groups is 1. The number of rotatable bonds is 1. The highest BCUT2D eigenvalue weighted by atomic mass is 32.2. The lowest BCUT2D eigenvalue weighted by molar-refractivity contribution is 0.176. The second kappa shape index (κ2) is 4.49. The summed E-state index contributed by atoms with van der Waals surface area (Å²) in [6, 6.07) is 0.561. The van der Waals surface area contributed by atoms with Crippen LogP contribution in [0.15, 0.2) is 9.98 Å². The molecule has 96 valence electrons. The molecule has 5 nitrogen and oxygen atoms in total. The molecular weight excluding hydrogens is 234 g/mol. The fraction of sp³-hybridized carbons (Fsp3) is 0.818. The highest BCUT2D eigenvalue weighted by molar-refractivity contribution is 8.13. The van der Waals surface area contributed by atoms with Crippen molar-refractivity contribution in [1.29, 1.82) is 0 Å². The van der Waals surface area contributed by atoms with Gasteiger partial charge >= 0.3 is 0 Å². The minimum absolute atomic E-state index is 0.0118. The van der Waals surface area contributed by atoms with Gasteiger partial charge < -0.3 is 5.32 Å². The molecule has 0 radical (unpaired) electrons. The van der Waals surface area contributed by atoms with Crippen molar-refractivity contribution < 1.29 is 0 Å². The summed E-state index contributed by atoms with van der Waals surface area (Å²) in [7, 11) is 0. The summed E-state index contributed by atoms with van der Waals surface area (Å²) in [6.07, 6.45) is 4.35. The third kappa shape index (κ3) is 2.93. The Bertz CT molecular complexity index is 353. The van der Waals surface area contributed by atoms with Crippen molar-refractivity contribution in [2.24, 2.45) is 21.2 Å². The molecule has 1 unspecified atom stereocenters. The van der Waals surface area contributed by atoms with Crippen LogP contribution in [0, 0.1) is 5.41 Å². The molecular formula is C11H21N5S. The Kier molecular flexibility index (Phi) is 3.36. The molecule has 3 N–H and O–H groups in total. The smallest absolute Gasteiger partial charge is 0.222 e. The Labute approximate surface area is 107 Å². The lowest BCUT2D eigenvalue weighted by Gasteiger charge is -2.37. The van der Waals surface area contributed by atoms with E-state index in [9.17, 15) is 0 Å². The van der Waals surface area contributed by atoms with E-state index in [1.54, 1.807) is 16.8 Å². The van der Waals surface area contributed by atoms with Gasteiger partial charge in [-0.05, 0) is 19.1 Å². The van der Waals surface area contributed by atoms with E-state index in [1.807, 2.05) is 6.26 Å². The lowest BCUT2D eigenvalue weighted by atomic mass is 9.92. The van der Waals surface area contributed by atoms with Gasteiger partial charge in [0.2, 0.25) is 5.96 Å². The molecule has 1 heterocycles. The van der Waals surface area contributed by atoms with E-state index in [-0.39, 0.29) is 11.6 Å². The van der Waals surface area contributed by atoms with Crippen LogP contribution in [0.2, 0.25) is 0 Å². The lowest BCUT2D eigenvalue weighted by Crippen LogP contribution is -2.53. The average Bonchev–Trinajstić information content (AvgIpc) is 3.02. The fourth-order valence-electron chi connectivity index (χ4n) is 1.70. The number of nitrogens with zero attached hydrogens (tertiary/aromatic N) is 3. The van der Waals surface area contributed by atoms with Crippen molar-refractivity contribution in [3.8, 4) is 0 Å². The maximum absolute atomic E-state index is 6.08. The first kappa shape index (κ1) is 12.7. The summed E-state index contributed by atoms with van der Waals surface area (Å²) in [4.78, 5) is 9.06. The average molecular weight is 255 g/mol. The molecule has 0 aromatic carbocycles. The summed E-state index contributed by atoms with van der Waals surface area (Å²) in [5, 5.41) is 5.84. The topological polar surface area (TPSA) is 66.0 Å². The number of guanidine groups is 1. The maximum atomic E-state index is 6.08. The van der Waals surface area contributed by atoms with Gasteiger partial charge in [-0.1, -0.05) is 32.5 Å². The van der Waals surface area contributed by atoms with Crippen LogP contribution in [0.3, 0.4) is 0 Å². The summed E-state index contributed by atoms with van der Waals surface area (Å²) in [6.45, 7) is 6.41. The molecule has 17 heavy (non-hydrogen) atoms. The molecule has 0 bridgehead atoms. The summed E-state index contributed by atoms with van der Waals surface area (Å²) in [5.74, 6) is 6.81. The van der Waals surface area contributed by atoms with Gasteiger partial charge in [0.05, 0.1) is 0 Å². The molecule has 1 atom stereocenters. The van der Waals surface area contributed by atoms with E-state index >= 15 is 0 Å². The van der Waals surface area contributed by atoms with Gasteiger partial charge in [-0.25, -0.2) is 10.8 Å². The predicted molar refractivity (Wildman–Crippen MR) is 73.8 cm³/mol. The van der Waals surface area contributed by atoms with Crippen molar-refractivity contribution in [3.63, 3.8) is 0 Å². The Hall–Kier alpha value is -0.750. The molecule has 2 aliphatic rings. The van der Waals surface area contributed by atoms with Crippen molar-refractivity contribution in [1.82, 2.24) is 10.3 Å². The Balaban J connectivity index is 2.21. The Morgan fingerprint density at radius 2 is 2.06 bits per heavy atom. The first-order chi connectivity index (χ1) is 7.91. The molecule has 0 spiro atoms. The molecule has 0 amide bonds. The normalized spacial score (nSPS) is 25.5. The van der Waals surface area contributed by atoms with E-state index in [0.29, 0.717) is 6.04 Å². The van der Waals surface area contributed by atoms with E-state index in [0.717, 1.165) is 11.1 Å². The number of hydrogen-bond acceptors (Lipinski definition) is 6. The third-order valence-corrected chi connectivity index (χ3v) is 3.47. The Morgan fingerprint density at radius 1 is 1.41 bits per heavy atom. The molecule has 6 heteroatoms. The standard InChI is InChI=1S/C11H21N5S/c1-11(2,3)8-14-9(13-7-5-6-7)15-10(17-4)16(8)12/h7-8H,5-6,12H2,1-4H3,(H,13,14). The van der Waals surface area contributed by atoms with Crippen LogP contribution < -0.4 is 11.2 Å². The predicted octanol–water partition coefficient (Wildman–Crippen LogP) is 1.37. The number of amidine groups is 1. The molecule has 0 aromatic heterocycles. The number of aliphatic imine (C=N–C) groups is 2. The highest BCUT2D eigenvalue weighted by Crippen LogP contribution is 2.28. The van der Waals surface area contributed by atoms with Gasteiger partial charge in [0.1, 0.15) is 6.17 Å². The molecule has 1 aliphatic carbocycles. The Morgan fingerprint density at radius 3 is 2.53 bits per heavy atom. The van der Waals surface area contributed by atoms with E-state index in [2.05, 4.69) is 36.1 Å². The van der Waals surface area contributed by atoms with Crippen molar-refractivity contribution in [2.45, 2.75) is 45.8 Å². The summed E-state index contributed by atoms with van der Waals surface area (Å²) < 4.78 is 0. The number of hydrogen-bond donors (Lipinski definition) is 2. The number of thioether (sulfide) groups is 1. The van der Waals surface area contributed by atoms with Crippen LogP contribution in [0.5, 0.6) is 0 Å². The van der Waals surface area contributed by atoms with Crippen LogP contribution in [0.1, 0.15) is 33.6 Å². The van der Waals surface area contributed by atoms with Crippen molar-refractivity contribution >= 4 is 22.9 Å². The fourth-order valence-corrected chi connectivity index (χ4v) is 2.19. The largest absolute Gasteiger partial charge is 0.352 e. The minimum Gasteiger partial charge on any atom is -0.352 e. The zero-order valence-corrected chi connectivity index (χ0v) is 11.7. The molecule has 1 fully saturated rings. The first-order valence-electron chi connectivity index (χ1n) is 5.93. The molecule has 1 aliphatic heterocycles. The van der Waals surface area contributed by atoms with Crippen LogP contribution in [0.25, 0.3) is 0 Å². The van der Waals surface area contributed by atoms with Gasteiger partial charge in [-0.2, -0.15) is 4.99 Å². The minimum atomic E-state index is -0.0660. The van der Waals surface area contributed by atoms with E-state index in [1.165, 1.54) is 12.8 Å². The molecule has 0 saturated heterocycles. The van der Waals surface area contributed by atoms with E-state index in [4.69, 9.17) is 5.84 Å². The van der Waals surface area contributed by atoms with Crippen LogP contribution in [0.4, 0.5) is 0 Å². The number of nitrogens with one attached hydrogen (secondary N) is 1. The van der Waals surface area contributed by atoms with Gasteiger partial charge in [0, 0.05) is 11.5 Å². The quantitative estimate of drug-likeness (QED) is 0.695. The van der Waals surface area contributed by atoms with Gasteiger partial charge in [-0.15, -0.1) is 0 Å². The van der Waals surface area contributed by atoms with Gasteiger partial charge in [0.25, 0.3) is 0 Å². The van der Waals surface area contributed by atoms with Crippen LogP contribution in [-0.2, 0) is 0 Å². The third-order valence-electron chi connectivity index (χ3n) is 2.80. The second-order valence-corrected chi connectivity index (χ2v) is 6.39. The number of nitrogens with two attached hydrogens (primary N) is 1. The molecule has 1 saturated carbocycles. The van der Waals surface area contributed by atoms with Crippen molar-refractivity contribution in [3.05, 3.63) is 0 Å². The first-order valence-corrected chi connectivity index (χ1v) is 7.15. The monoisotopic (exact) mass is 255 g/mol. The zero-order chi connectivity index (χ0) is 12.6. The highest BCUT2D eigenvalue weighted by Gasteiger charge is 2.34. The van der Waals surface area contributed by atoms with Crippen LogP contribution >= 0.6 is 11.8 Å². The van der Waals surface area contributed by atoms with Gasteiger partial charge in [0.15, 0.2) is 5.17 Å². The van der Waals surface area contributed by atoms with E-state index < -0.39 is 0 Å². The molecule has 2 rings (SSSR count). The second-order valence-electron chi connectivity index (χ2n) is 5.62. The van der Waals surface area contributed by atoms with Crippen molar-refractivity contribution in [2.75, 3.05) is 6.26 Å². The van der Waals surface area contributed by atoms with Gasteiger partial charge in [-0.3, -0.25) is 5.01 Å². The summed E-state index contributed by atoms with van der Waals surface area (Å²) >= 11 is 1.56. The molecule has 0 aromatic rings. The maximum Gasteiger partial charge on any atom is 0.222 e. The SMILES string of the molecule is CSC1=NC(NC2CC2)=NC(C(C)(C)C)N1N.